The Kier molecular flexibility index (Phi) is 4.90. The third kappa shape index (κ3) is 4.51. The molecule has 0 spiro atoms. The van der Waals surface area contributed by atoms with Crippen LogP contribution in [0.1, 0.15) is 13.8 Å². The van der Waals surface area contributed by atoms with Crippen LogP contribution in [0.4, 0.5) is 3.89 Å². The van der Waals surface area contributed by atoms with Crippen molar-refractivity contribution >= 4 is 20.2 Å². The van der Waals surface area contributed by atoms with E-state index >= 15 is 0 Å². The van der Waals surface area contributed by atoms with Gasteiger partial charge in [0.2, 0.25) is 10.0 Å². The van der Waals surface area contributed by atoms with Crippen LogP contribution >= 0.6 is 0 Å². The van der Waals surface area contributed by atoms with Gasteiger partial charge in [0.25, 0.3) is 0 Å². The molecule has 1 aromatic carbocycles. The molecule has 0 radical (unpaired) electrons. The third-order valence-electron chi connectivity index (χ3n) is 2.66. The van der Waals surface area contributed by atoms with Gasteiger partial charge in [0, 0.05) is 13.7 Å². The summed E-state index contributed by atoms with van der Waals surface area (Å²) in [5.41, 5.74) is -0.685. The summed E-state index contributed by atoms with van der Waals surface area (Å²) in [7, 11) is -7.20. The summed E-state index contributed by atoms with van der Waals surface area (Å²) in [6.45, 7) is 3.44. The quantitative estimate of drug-likeness (QED) is 0.790. The molecule has 0 amide bonds. The van der Waals surface area contributed by atoms with Crippen molar-refractivity contribution in [2.24, 2.45) is 0 Å². The zero-order valence-corrected chi connectivity index (χ0v) is 12.9. The summed E-state index contributed by atoms with van der Waals surface area (Å²) in [4.78, 5) is -0.745. The van der Waals surface area contributed by atoms with Gasteiger partial charge in [-0.05, 0) is 38.1 Å². The predicted molar refractivity (Wildman–Crippen MR) is 71.0 cm³/mol. The van der Waals surface area contributed by atoms with Crippen molar-refractivity contribution in [3.8, 4) is 0 Å². The van der Waals surface area contributed by atoms with Crippen molar-refractivity contribution in [1.29, 1.82) is 0 Å². The fourth-order valence-corrected chi connectivity index (χ4v) is 2.87. The maximum atomic E-state index is 12.7. The van der Waals surface area contributed by atoms with Gasteiger partial charge in [-0.1, -0.05) is 0 Å². The summed E-state index contributed by atoms with van der Waals surface area (Å²) in [5.74, 6) is 0. The van der Waals surface area contributed by atoms with E-state index in [0.717, 1.165) is 24.3 Å². The van der Waals surface area contributed by atoms with Gasteiger partial charge in [-0.2, -0.15) is 8.42 Å². The fraction of sp³-hybridized carbons (Fsp3) is 0.455. The summed E-state index contributed by atoms with van der Waals surface area (Å²) < 4.78 is 65.3. The Morgan fingerprint density at radius 1 is 1.10 bits per heavy atom. The lowest BCUT2D eigenvalue weighted by Crippen LogP contribution is -2.39. The first-order chi connectivity index (χ1) is 8.98. The molecule has 6 nitrogen and oxygen atoms in total. The Labute approximate surface area is 118 Å². The lowest BCUT2D eigenvalue weighted by molar-refractivity contribution is 0.0276. The van der Waals surface area contributed by atoms with Crippen LogP contribution in [0.2, 0.25) is 0 Å². The van der Waals surface area contributed by atoms with Gasteiger partial charge >= 0.3 is 10.2 Å². The number of nitrogens with one attached hydrogen (secondary N) is 1. The molecule has 0 aromatic heterocycles. The fourth-order valence-electron chi connectivity index (χ4n) is 1.21. The molecule has 0 heterocycles. The van der Waals surface area contributed by atoms with Crippen LogP contribution in [-0.2, 0) is 25.0 Å². The minimum atomic E-state index is -4.84. The van der Waals surface area contributed by atoms with Gasteiger partial charge < -0.3 is 4.74 Å². The largest absolute Gasteiger partial charge is 0.377 e. The molecule has 0 atom stereocenters. The Morgan fingerprint density at radius 3 is 1.95 bits per heavy atom. The molecular formula is C11H16FNO5S2. The first-order valence-corrected chi connectivity index (χ1v) is 8.44. The van der Waals surface area contributed by atoms with Gasteiger partial charge in [-0.3, -0.25) is 0 Å². The van der Waals surface area contributed by atoms with E-state index < -0.39 is 30.7 Å². The van der Waals surface area contributed by atoms with Gasteiger partial charge in [-0.15, -0.1) is 3.89 Å². The molecule has 114 valence electrons. The van der Waals surface area contributed by atoms with E-state index in [0.29, 0.717) is 0 Å². The molecule has 0 aliphatic rings. The van der Waals surface area contributed by atoms with Gasteiger partial charge in [0.15, 0.2) is 0 Å². The van der Waals surface area contributed by atoms with Crippen LogP contribution in [-0.4, -0.2) is 36.1 Å². The van der Waals surface area contributed by atoms with Crippen molar-refractivity contribution in [3.05, 3.63) is 24.3 Å². The number of ether oxygens (including phenoxy) is 1. The summed E-state index contributed by atoms with van der Waals surface area (Å²) in [5, 5.41) is 0. The summed E-state index contributed by atoms with van der Waals surface area (Å²) in [6.07, 6.45) is 0. The molecule has 1 N–H and O–H groups in total. The maximum absolute atomic E-state index is 12.7. The average molecular weight is 325 g/mol. The van der Waals surface area contributed by atoms with E-state index in [4.69, 9.17) is 4.74 Å². The average Bonchev–Trinajstić information content (AvgIpc) is 2.36. The van der Waals surface area contributed by atoms with Crippen LogP contribution in [0.15, 0.2) is 34.1 Å². The van der Waals surface area contributed by atoms with E-state index in [1.807, 2.05) is 0 Å². The molecule has 0 saturated carbocycles. The number of hydrogen-bond acceptors (Lipinski definition) is 5. The first kappa shape index (κ1) is 17.0. The topological polar surface area (TPSA) is 89.5 Å². The second kappa shape index (κ2) is 5.76. The highest BCUT2D eigenvalue weighted by Crippen LogP contribution is 2.16. The van der Waals surface area contributed by atoms with Gasteiger partial charge in [-0.25, -0.2) is 13.1 Å². The predicted octanol–water partition coefficient (Wildman–Crippen LogP) is 1.05. The van der Waals surface area contributed by atoms with Crippen LogP contribution in [0.5, 0.6) is 0 Å². The monoisotopic (exact) mass is 325 g/mol. The summed E-state index contributed by atoms with van der Waals surface area (Å²) >= 11 is 0. The van der Waals surface area contributed by atoms with Crippen molar-refractivity contribution in [2.75, 3.05) is 13.7 Å². The third-order valence-corrected chi connectivity index (χ3v) is 4.91. The van der Waals surface area contributed by atoms with E-state index in [2.05, 4.69) is 4.72 Å². The molecule has 0 aliphatic carbocycles. The smallest absolute Gasteiger partial charge is 0.332 e. The van der Waals surface area contributed by atoms with Gasteiger partial charge in [0.1, 0.15) is 0 Å². The molecule has 20 heavy (non-hydrogen) atoms. The number of hydrogen-bond donors (Lipinski definition) is 1. The molecule has 0 saturated heterocycles. The van der Waals surface area contributed by atoms with Crippen molar-refractivity contribution in [3.63, 3.8) is 0 Å². The van der Waals surface area contributed by atoms with Crippen molar-refractivity contribution in [1.82, 2.24) is 4.72 Å². The molecule has 1 aromatic rings. The highest BCUT2D eigenvalue weighted by Gasteiger charge is 2.22. The van der Waals surface area contributed by atoms with E-state index in [-0.39, 0.29) is 11.4 Å². The Morgan fingerprint density at radius 2 is 1.55 bits per heavy atom. The molecule has 0 aliphatic heterocycles. The minimum absolute atomic E-state index is 0.0367. The first-order valence-electron chi connectivity index (χ1n) is 5.57. The second-order valence-electron chi connectivity index (χ2n) is 4.70. The van der Waals surface area contributed by atoms with Crippen LogP contribution < -0.4 is 4.72 Å². The van der Waals surface area contributed by atoms with E-state index in [9.17, 15) is 20.7 Å². The number of rotatable bonds is 6. The zero-order valence-electron chi connectivity index (χ0n) is 11.3. The summed E-state index contributed by atoms with van der Waals surface area (Å²) in [6, 6.07) is 3.83. The zero-order chi connectivity index (χ0) is 15.6. The molecule has 1 rings (SSSR count). The van der Waals surface area contributed by atoms with Crippen molar-refractivity contribution < 1.29 is 25.5 Å². The Balaban J connectivity index is 2.94. The number of benzene rings is 1. The SMILES string of the molecule is COC(C)(C)CNS(=O)(=O)c1ccc(S(=O)(=O)F)cc1. The standard InChI is InChI=1S/C11H16FNO5S2/c1-11(2,18-3)8-13-20(16,17)10-6-4-9(5-7-10)19(12,14)15/h4-7,13H,8H2,1-3H3. The highest BCUT2D eigenvalue weighted by molar-refractivity contribution is 7.89. The lowest BCUT2D eigenvalue weighted by atomic mass is 10.1. The van der Waals surface area contributed by atoms with Gasteiger partial charge in [0.05, 0.1) is 15.4 Å². The second-order valence-corrected chi connectivity index (χ2v) is 7.81. The number of sulfonamides is 1. The van der Waals surface area contributed by atoms with Crippen LogP contribution in [0.25, 0.3) is 0 Å². The Hall–Kier alpha value is -1.03. The van der Waals surface area contributed by atoms with Crippen LogP contribution in [0, 0.1) is 0 Å². The lowest BCUT2D eigenvalue weighted by Gasteiger charge is -2.23. The van der Waals surface area contributed by atoms with Crippen LogP contribution in [0.3, 0.4) is 0 Å². The molecular weight excluding hydrogens is 309 g/mol. The highest BCUT2D eigenvalue weighted by atomic mass is 32.3. The molecule has 9 heteroatoms. The van der Waals surface area contributed by atoms with E-state index in [1.165, 1.54) is 7.11 Å². The number of methoxy groups -OCH3 is 1. The Bertz CT molecular complexity index is 665. The minimum Gasteiger partial charge on any atom is -0.377 e. The molecule has 0 fully saturated rings. The molecule has 0 unspecified atom stereocenters. The normalized spacial score (nSPS) is 13.4. The van der Waals surface area contributed by atoms with E-state index in [1.54, 1.807) is 13.8 Å². The van der Waals surface area contributed by atoms with Crippen molar-refractivity contribution in [2.45, 2.75) is 29.2 Å². The molecule has 0 bridgehead atoms. The number of halogens is 1. The maximum Gasteiger partial charge on any atom is 0.332 e.